The zero-order valence-corrected chi connectivity index (χ0v) is 37.1. The molecular weight excluding hydrogens is 870 g/mol. The van der Waals surface area contributed by atoms with Crippen LogP contribution in [0.3, 0.4) is 0 Å². The van der Waals surface area contributed by atoms with Crippen molar-refractivity contribution in [3.05, 3.63) is 93.0 Å². The van der Waals surface area contributed by atoms with Crippen LogP contribution in [0.5, 0.6) is 5.75 Å². The third-order valence-corrected chi connectivity index (χ3v) is 13.6. The Bertz CT molecular complexity index is 2490. The lowest BCUT2D eigenvalue weighted by Crippen LogP contribution is -2.52. The maximum absolute atomic E-state index is 16.4. The molecule has 4 aliphatic rings. The van der Waals surface area contributed by atoms with Crippen LogP contribution < -0.4 is 15.0 Å². The van der Waals surface area contributed by atoms with E-state index in [1.165, 1.54) is 29.4 Å². The molecule has 4 aromatic rings. The Balaban J connectivity index is 0.802. The molecule has 64 heavy (non-hydrogen) atoms. The van der Waals surface area contributed by atoms with Gasteiger partial charge in [0.15, 0.2) is 5.82 Å². The molecule has 3 saturated heterocycles. The predicted molar refractivity (Wildman–Crippen MR) is 238 cm³/mol. The highest BCUT2D eigenvalue weighted by molar-refractivity contribution is 6.42. The van der Waals surface area contributed by atoms with Gasteiger partial charge < -0.3 is 24.3 Å². The van der Waals surface area contributed by atoms with Gasteiger partial charge in [0.25, 0.3) is 11.8 Å². The van der Waals surface area contributed by atoms with Crippen LogP contribution in [0.15, 0.2) is 53.8 Å². The number of rotatable bonds is 14. The van der Waals surface area contributed by atoms with E-state index in [0.29, 0.717) is 56.0 Å². The van der Waals surface area contributed by atoms with Crippen LogP contribution in [0.4, 0.5) is 19.0 Å². The molecule has 3 fully saturated rings. The molecule has 12 nitrogen and oxygen atoms in total. The fourth-order valence-corrected chi connectivity index (χ4v) is 9.90. The van der Waals surface area contributed by atoms with Gasteiger partial charge in [-0.15, -0.1) is 0 Å². The number of halogens is 5. The normalized spacial score (nSPS) is 18.8. The minimum absolute atomic E-state index is 0.00836. The highest BCUT2D eigenvalue weighted by Gasteiger charge is 2.41. The molecule has 1 N–H and O–H groups in total. The number of nitrogens with one attached hydrogen (secondary N) is 1. The number of imide groups is 1. The Hall–Kier alpha value is -5.25. The number of anilines is 1. The zero-order valence-electron chi connectivity index (χ0n) is 35.6. The summed E-state index contributed by atoms with van der Waals surface area (Å²) in [7, 11) is 0. The SMILES string of the molecule is CC=C(Cl)C(=O)N1CCN(c2ncnc3c(F)c(-c4c(F)cccc4OCCCCCCCN4CCC(c5cc(F)cc6c5CN(C5CCC(=O)NC5=O)C6=O)CC4)c(Cl)cc23)CC1. The number of fused-ring (bicyclic) bond motifs is 2. The van der Waals surface area contributed by atoms with E-state index < -0.39 is 29.4 Å². The summed E-state index contributed by atoms with van der Waals surface area (Å²) in [5.74, 6) is -2.63. The second kappa shape index (κ2) is 19.9. The van der Waals surface area contributed by atoms with E-state index in [9.17, 15) is 23.6 Å². The topological polar surface area (TPSA) is 128 Å². The van der Waals surface area contributed by atoms with Gasteiger partial charge in [0.2, 0.25) is 11.8 Å². The average Bonchev–Trinajstić information content (AvgIpc) is 3.62. The summed E-state index contributed by atoms with van der Waals surface area (Å²) in [5, 5.41) is 2.83. The van der Waals surface area contributed by atoms with Crippen LogP contribution >= 0.6 is 23.2 Å². The first kappa shape index (κ1) is 45.3. The van der Waals surface area contributed by atoms with Gasteiger partial charge in [-0.2, -0.15) is 0 Å². The number of carbonyl (C=O) groups is 4. The molecule has 8 rings (SSSR count). The van der Waals surface area contributed by atoms with Crippen molar-refractivity contribution in [2.75, 3.05) is 57.3 Å². The molecule has 0 radical (unpaired) electrons. The summed E-state index contributed by atoms with van der Waals surface area (Å²) in [6, 6.07) is 7.98. The van der Waals surface area contributed by atoms with Gasteiger partial charge >= 0.3 is 0 Å². The summed E-state index contributed by atoms with van der Waals surface area (Å²) in [4.78, 5) is 66.2. The largest absolute Gasteiger partial charge is 0.493 e. The van der Waals surface area contributed by atoms with Crippen LogP contribution in [0.2, 0.25) is 5.02 Å². The number of allylic oxidation sites excluding steroid dienone is 1. The number of unbranched alkanes of at least 4 members (excludes halogenated alkanes) is 4. The Morgan fingerprint density at radius 1 is 0.922 bits per heavy atom. The number of nitrogens with zero attached hydrogens (tertiary/aromatic N) is 6. The first-order chi connectivity index (χ1) is 30.9. The van der Waals surface area contributed by atoms with Gasteiger partial charge in [-0.3, -0.25) is 24.5 Å². The summed E-state index contributed by atoms with van der Waals surface area (Å²) in [6.45, 7) is 6.54. The Kier molecular flexibility index (Phi) is 14.1. The molecule has 1 unspecified atom stereocenters. The lowest BCUT2D eigenvalue weighted by molar-refractivity contribution is -0.137. The third-order valence-electron chi connectivity index (χ3n) is 12.9. The van der Waals surface area contributed by atoms with E-state index in [1.54, 1.807) is 36.1 Å². The fraction of sp³-hybridized carbons (Fsp3) is 0.447. The Morgan fingerprint density at radius 2 is 1.67 bits per heavy atom. The van der Waals surface area contributed by atoms with Gasteiger partial charge in [0.1, 0.15) is 46.1 Å². The van der Waals surface area contributed by atoms with E-state index in [-0.39, 0.29) is 75.5 Å². The molecule has 0 bridgehead atoms. The second-order valence-corrected chi connectivity index (χ2v) is 17.6. The molecule has 5 heterocycles. The number of benzene rings is 3. The molecule has 4 amide bonds. The molecular formula is C47H50Cl2F3N7O5. The molecule has 4 aliphatic heterocycles. The van der Waals surface area contributed by atoms with Crippen molar-refractivity contribution in [2.45, 2.75) is 83.2 Å². The number of aromatic nitrogens is 2. The molecule has 3 aromatic carbocycles. The van der Waals surface area contributed by atoms with Crippen molar-refractivity contribution in [1.29, 1.82) is 0 Å². The molecule has 17 heteroatoms. The maximum Gasteiger partial charge on any atom is 0.265 e. The van der Waals surface area contributed by atoms with Gasteiger partial charge in [-0.05, 0) is 106 Å². The summed E-state index contributed by atoms with van der Waals surface area (Å²) in [5.41, 5.74) is 1.72. The van der Waals surface area contributed by atoms with Gasteiger partial charge in [0.05, 0.1) is 17.2 Å². The van der Waals surface area contributed by atoms with E-state index in [4.69, 9.17) is 27.9 Å². The van der Waals surface area contributed by atoms with E-state index in [2.05, 4.69) is 20.2 Å². The van der Waals surface area contributed by atoms with Gasteiger partial charge in [-0.25, -0.2) is 23.1 Å². The number of likely N-dealkylation sites (tertiary alicyclic amines) is 1. The van der Waals surface area contributed by atoms with Crippen LogP contribution in [0.25, 0.3) is 22.0 Å². The van der Waals surface area contributed by atoms with Crippen LogP contribution in [0.1, 0.15) is 92.1 Å². The van der Waals surface area contributed by atoms with E-state index in [1.807, 2.05) is 4.90 Å². The van der Waals surface area contributed by atoms with Crippen LogP contribution in [-0.4, -0.2) is 107 Å². The zero-order chi connectivity index (χ0) is 45.1. The van der Waals surface area contributed by atoms with Crippen molar-refractivity contribution in [2.24, 2.45) is 0 Å². The van der Waals surface area contributed by atoms with Crippen molar-refractivity contribution >= 4 is 63.6 Å². The lowest BCUT2D eigenvalue weighted by atomic mass is 9.85. The number of amides is 4. The number of hydrogen-bond acceptors (Lipinski definition) is 9. The Labute approximate surface area is 379 Å². The maximum atomic E-state index is 16.4. The van der Waals surface area contributed by atoms with Crippen molar-refractivity contribution in [3.63, 3.8) is 0 Å². The van der Waals surface area contributed by atoms with Crippen molar-refractivity contribution < 1.29 is 37.1 Å². The number of hydrogen-bond donors (Lipinski definition) is 1. The van der Waals surface area contributed by atoms with Crippen LogP contribution in [-0.2, 0) is 20.9 Å². The monoisotopic (exact) mass is 919 g/mol. The first-order valence-corrected chi connectivity index (χ1v) is 22.8. The lowest BCUT2D eigenvalue weighted by Gasteiger charge is -2.35. The molecule has 1 aromatic heterocycles. The first-order valence-electron chi connectivity index (χ1n) is 22.0. The minimum atomic E-state index is -0.786. The average molecular weight is 921 g/mol. The standard InChI is InChI=1S/C47H50Cl2F3N7O5/c1-2-34(48)47(63)58-20-18-57(19-21-58)44-32-25-35(49)40(42(52)43(32)53-27-54-44)41-36(51)9-8-10-38(41)64-22-7-5-3-4-6-15-56-16-13-28(14-17-56)30-23-29(50)24-31-33(30)26-59(46(31)62)37-11-12-39(60)55-45(37)61/h2,8-10,23-25,27-28,37H,3-7,11-22,26H2,1H3,(H,55,60,61). The summed E-state index contributed by atoms with van der Waals surface area (Å²) < 4.78 is 52.9. The van der Waals surface area contributed by atoms with E-state index >= 15 is 8.78 Å². The third kappa shape index (κ3) is 9.43. The Morgan fingerprint density at radius 3 is 2.42 bits per heavy atom. The van der Waals surface area contributed by atoms with Crippen molar-refractivity contribution in [1.82, 2.24) is 30.0 Å². The van der Waals surface area contributed by atoms with Gasteiger partial charge in [-0.1, -0.05) is 54.6 Å². The van der Waals surface area contributed by atoms with Gasteiger partial charge in [0, 0.05) is 55.7 Å². The number of ether oxygens (including phenoxy) is 1. The fourth-order valence-electron chi connectivity index (χ4n) is 9.50. The molecule has 0 spiro atoms. The van der Waals surface area contributed by atoms with E-state index in [0.717, 1.165) is 69.3 Å². The number of piperidine rings is 2. The number of piperazine rings is 1. The number of carbonyl (C=O) groups excluding carboxylic acids is 4. The molecule has 338 valence electrons. The molecule has 0 saturated carbocycles. The molecule has 0 aliphatic carbocycles. The minimum Gasteiger partial charge on any atom is -0.493 e. The highest BCUT2D eigenvalue weighted by atomic mass is 35.5. The smallest absolute Gasteiger partial charge is 0.265 e. The summed E-state index contributed by atoms with van der Waals surface area (Å²) in [6.07, 6.45) is 9.52. The highest BCUT2D eigenvalue weighted by Crippen LogP contribution is 2.43. The molecule has 1 atom stereocenters. The van der Waals surface area contributed by atoms with Crippen LogP contribution in [0, 0.1) is 17.5 Å². The quantitative estimate of drug-likeness (QED) is 0.0758. The second-order valence-electron chi connectivity index (χ2n) is 16.8. The predicted octanol–water partition coefficient (Wildman–Crippen LogP) is 8.13. The summed E-state index contributed by atoms with van der Waals surface area (Å²) >= 11 is 12.8. The van der Waals surface area contributed by atoms with Crippen molar-refractivity contribution in [3.8, 4) is 16.9 Å².